The predicted molar refractivity (Wildman–Crippen MR) is 92.3 cm³/mol. The molecule has 4 nitrogen and oxygen atoms in total. The van der Waals surface area contributed by atoms with Gasteiger partial charge in [-0.2, -0.15) is 4.31 Å². The molecular formula is C19H20FNO3S. The van der Waals surface area contributed by atoms with Gasteiger partial charge in [0.05, 0.1) is 17.6 Å². The SMILES string of the molecule is O=S(=O)(c1ccc2c(c1)CCC2)N1CCOC(c2ccccc2F)C1. The predicted octanol–water partition coefficient (Wildman–Crippen LogP) is 3.08. The first-order valence-electron chi connectivity index (χ1n) is 8.54. The number of hydrogen-bond acceptors (Lipinski definition) is 3. The van der Waals surface area contributed by atoms with E-state index in [1.807, 2.05) is 6.07 Å². The Bertz CT molecular complexity index is 897. The van der Waals surface area contributed by atoms with E-state index in [1.165, 1.54) is 15.9 Å². The first-order valence-corrected chi connectivity index (χ1v) is 9.98. The molecule has 1 unspecified atom stereocenters. The van der Waals surface area contributed by atoms with Crippen LogP contribution in [0.3, 0.4) is 0 Å². The molecule has 1 fully saturated rings. The van der Waals surface area contributed by atoms with Crippen LogP contribution in [0.1, 0.15) is 29.2 Å². The molecule has 2 aliphatic rings. The van der Waals surface area contributed by atoms with Crippen molar-refractivity contribution in [3.05, 3.63) is 65.0 Å². The number of sulfonamides is 1. The molecule has 1 atom stereocenters. The van der Waals surface area contributed by atoms with E-state index in [2.05, 4.69) is 0 Å². The van der Waals surface area contributed by atoms with Crippen molar-refractivity contribution >= 4 is 10.0 Å². The van der Waals surface area contributed by atoms with Gasteiger partial charge in [0.2, 0.25) is 10.0 Å². The highest BCUT2D eigenvalue weighted by Crippen LogP contribution is 2.30. The summed E-state index contributed by atoms with van der Waals surface area (Å²) in [4.78, 5) is 0.322. The Morgan fingerprint density at radius 1 is 1.08 bits per heavy atom. The molecule has 132 valence electrons. The van der Waals surface area contributed by atoms with E-state index in [-0.39, 0.29) is 25.5 Å². The summed E-state index contributed by atoms with van der Waals surface area (Å²) in [6, 6.07) is 11.8. The number of aryl methyl sites for hydroxylation is 2. The molecule has 2 aromatic rings. The normalized spacial score (nSPS) is 21.2. The lowest BCUT2D eigenvalue weighted by Crippen LogP contribution is -2.42. The second-order valence-corrected chi connectivity index (χ2v) is 8.47. The van der Waals surface area contributed by atoms with Crippen LogP contribution in [-0.4, -0.2) is 32.4 Å². The zero-order chi connectivity index (χ0) is 17.4. The molecule has 4 rings (SSSR count). The highest BCUT2D eigenvalue weighted by atomic mass is 32.2. The maximum absolute atomic E-state index is 14.0. The lowest BCUT2D eigenvalue weighted by atomic mass is 10.1. The summed E-state index contributed by atoms with van der Waals surface area (Å²) in [5.74, 6) is -0.371. The molecule has 6 heteroatoms. The van der Waals surface area contributed by atoms with E-state index in [9.17, 15) is 12.8 Å². The molecule has 2 aromatic carbocycles. The fourth-order valence-corrected chi connectivity index (χ4v) is 5.10. The van der Waals surface area contributed by atoms with Crippen molar-refractivity contribution < 1.29 is 17.5 Å². The Morgan fingerprint density at radius 2 is 1.88 bits per heavy atom. The van der Waals surface area contributed by atoms with Crippen LogP contribution in [0.25, 0.3) is 0 Å². The van der Waals surface area contributed by atoms with Crippen LogP contribution in [0.4, 0.5) is 4.39 Å². The number of ether oxygens (including phenoxy) is 1. The van der Waals surface area contributed by atoms with E-state index in [0.717, 1.165) is 24.8 Å². The molecule has 0 spiro atoms. The van der Waals surface area contributed by atoms with E-state index in [0.29, 0.717) is 10.5 Å². The molecule has 0 amide bonds. The molecule has 1 aliphatic carbocycles. The van der Waals surface area contributed by atoms with Crippen LogP contribution in [-0.2, 0) is 27.6 Å². The fourth-order valence-electron chi connectivity index (χ4n) is 3.63. The summed E-state index contributed by atoms with van der Waals surface area (Å²) < 4.78 is 47.1. The van der Waals surface area contributed by atoms with Crippen molar-refractivity contribution in [2.45, 2.75) is 30.3 Å². The Kier molecular flexibility index (Phi) is 4.35. The highest BCUT2D eigenvalue weighted by molar-refractivity contribution is 7.89. The largest absolute Gasteiger partial charge is 0.371 e. The van der Waals surface area contributed by atoms with Gasteiger partial charge in [-0.15, -0.1) is 0 Å². The van der Waals surface area contributed by atoms with Crippen LogP contribution in [0, 0.1) is 5.82 Å². The van der Waals surface area contributed by atoms with Gasteiger partial charge in [0.25, 0.3) is 0 Å². The van der Waals surface area contributed by atoms with Crippen LogP contribution < -0.4 is 0 Å². The van der Waals surface area contributed by atoms with E-state index < -0.39 is 16.1 Å². The lowest BCUT2D eigenvalue weighted by molar-refractivity contribution is -0.00442. The monoisotopic (exact) mass is 361 g/mol. The molecule has 1 heterocycles. The van der Waals surface area contributed by atoms with Gasteiger partial charge in [-0.05, 0) is 48.6 Å². The van der Waals surface area contributed by atoms with Crippen molar-refractivity contribution in [2.24, 2.45) is 0 Å². The number of fused-ring (bicyclic) bond motifs is 1. The van der Waals surface area contributed by atoms with E-state index >= 15 is 0 Å². The number of hydrogen-bond donors (Lipinski definition) is 0. The third kappa shape index (κ3) is 3.10. The zero-order valence-corrected chi connectivity index (χ0v) is 14.6. The van der Waals surface area contributed by atoms with Gasteiger partial charge in [0, 0.05) is 18.7 Å². The Balaban J connectivity index is 1.61. The second kappa shape index (κ2) is 6.52. The molecule has 25 heavy (non-hydrogen) atoms. The van der Waals surface area contributed by atoms with Crippen molar-refractivity contribution in [3.8, 4) is 0 Å². The Morgan fingerprint density at radius 3 is 2.72 bits per heavy atom. The van der Waals surface area contributed by atoms with Crippen molar-refractivity contribution in [1.29, 1.82) is 0 Å². The summed E-state index contributed by atoms with van der Waals surface area (Å²) in [7, 11) is -3.61. The van der Waals surface area contributed by atoms with Crippen LogP contribution >= 0.6 is 0 Å². The molecule has 0 radical (unpaired) electrons. The smallest absolute Gasteiger partial charge is 0.243 e. The minimum Gasteiger partial charge on any atom is -0.371 e. The third-order valence-corrected chi connectivity index (χ3v) is 6.85. The van der Waals surface area contributed by atoms with Gasteiger partial charge in [-0.25, -0.2) is 12.8 Å². The fraction of sp³-hybridized carbons (Fsp3) is 0.368. The lowest BCUT2D eigenvalue weighted by Gasteiger charge is -2.32. The quantitative estimate of drug-likeness (QED) is 0.844. The Labute approximate surface area is 147 Å². The molecule has 1 saturated heterocycles. The Hall–Kier alpha value is -1.76. The number of benzene rings is 2. The summed E-state index contributed by atoms with van der Waals surface area (Å²) in [5, 5.41) is 0. The molecule has 1 aliphatic heterocycles. The molecule has 0 saturated carbocycles. The average molecular weight is 361 g/mol. The van der Waals surface area contributed by atoms with Crippen molar-refractivity contribution in [2.75, 3.05) is 19.7 Å². The summed E-state index contributed by atoms with van der Waals surface area (Å²) >= 11 is 0. The first-order chi connectivity index (χ1) is 12.1. The molecule has 0 bridgehead atoms. The number of morpholine rings is 1. The standard InChI is InChI=1S/C19H20FNO3S/c20-18-7-2-1-6-17(18)19-13-21(10-11-24-19)25(22,23)16-9-8-14-4-3-5-15(14)12-16/h1-2,6-9,12,19H,3-5,10-11,13H2. The van der Waals surface area contributed by atoms with Crippen LogP contribution in [0.2, 0.25) is 0 Å². The summed E-state index contributed by atoms with van der Waals surface area (Å²) in [6.07, 6.45) is 2.44. The average Bonchev–Trinajstić information content (AvgIpc) is 3.10. The van der Waals surface area contributed by atoms with Gasteiger partial charge < -0.3 is 4.74 Å². The summed E-state index contributed by atoms with van der Waals surface area (Å²) in [5.41, 5.74) is 2.77. The third-order valence-electron chi connectivity index (χ3n) is 4.99. The first kappa shape index (κ1) is 16.7. The molecular weight excluding hydrogens is 341 g/mol. The molecule has 0 aromatic heterocycles. The van der Waals surface area contributed by atoms with Crippen molar-refractivity contribution in [1.82, 2.24) is 4.31 Å². The highest BCUT2D eigenvalue weighted by Gasteiger charge is 2.33. The van der Waals surface area contributed by atoms with Gasteiger partial charge in [-0.3, -0.25) is 0 Å². The number of rotatable bonds is 3. The minimum absolute atomic E-state index is 0.125. The van der Waals surface area contributed by atoms with Crippen LogP contribution in [0.5, 0.6) is 0 Å². The molecule has 0 N–H and O–H groups in total. The van der Waals surface area contributed by atoms with Crippen LogP contribution in [0.15, 0.2) is 47.4 Å². The van der Waals surface area contributed by atoms with E-state index in [1.54, 1.807) is 30.3 Å². The van der Waals surface area contributed by atoms with Crippen molar-refractivity contribution in [3.63, 3.8) is 0 Å². The van der Waals surface area contributed by atoms with Gasteiger partial charge >= 0.3 is 0 Å². The topological polar surface area (TPSA) is 46.6 Å². The van der Waals surface area contributed by atoms with Gasteiger partial charge in [0.15, 0.2) is 0 Å². The summed E-state index contributed by atoms with van der Waals surface area (Å²) in [6.45, 7) is 0.661. The van der Waals surface area contributed by atoms with Gasteiger partial charge in [-0.1, -0.05) is 24.3 Å². The maximum atomic E-state index is 14.0. The van der Waals surface area contributed by atoms with Gasteiger partial charge in [0.1, 0.15) is 5.82 Å². The zero-order valence-electron chi connectivity index (χ0n) is 13.8. The number of nitrogens with zero attached hydrogens (tertiary/aromatic N) is 1. The second-order valence-electron chi connectivity index (χ2n) is 6.53. The number of halogens is 1. The minimum atomic E-state index is -3.61. The maximum Gasteiger partial charge on any atom is 0.243 e. The van der Waals surface area contributed by atoms with E-state index in [4.69, 9.17) is 4.74 Å².